The minimum Gasteiger partial charge on any atom is -0.490 e. The minimum atomic E-state index is 0.293. The monoisotopic (exact) mass is 576 g/mol. The molecule has 0 unspecified atom stereocenters. The summed E-state index contributed by atoms with van der Waals surface area (Å²) in [5.41, 5.74) is 5.84. The highest BCUT2D eigenvalue weighted by molar-refractivity contribution is 14.1. The molecule has 0 radical (unpaired) electrons. The maximum atomic E-state index is 5.81. The van der Waals surface area contributed by atoms with Gasteiger partial charge < -0.3 is 14.8 Å². The van der Waals surface area contributed by atoms with Crippen LogP contribution < -0.4 is 14.8 Å². The average molecular weight is 576 g/mol. The number of anilines is 1. The lowest BCUT2D eigenvalue weighted by atomic mass is 9.77. The van der Waals surface area contributed by atoms with Crippen molar-refractivity contribution in [3.63, 3.8) is 0 Å². The summed E-state index contributed by atoms with van der Waals surface area (Å²) in [6, 6.07) is 21.6. The molecule has 1 heterocycles. The molecule has 2 aliphatic rings. The molecule has 5 heteroatoms. The zero-order valence-electron chi connectivity index (χ0n) is 19.8. The van der Waals surface area contributed by atoms with Gasteiger partial charge in [0.05, 0.1) is 21.9 Å². The predicted octanol–water partition coefficient (Wildman–Crippen LogP) is 7.83. The van der Waals surface area contributed by atoms with E-state index in [-0.39, 0.29) is 0 Å². The summed E-state index contributed by atoms with van der Waals surface area (Å²) in [5.74, 6) is 2.49. The van der Waals surface area contributed by atoms with Crippen LogP contribution in [0, 0.1) is 9.49 Å². The number of para-hydroxylation sites is 1. The van der Waals surface area contributed by atoms with Gasteiger partial charge in [-0.1, -0.05) is 55.1 Å². The molecule has 5 rings (SSSR count). The van der Waals surface area contributed by atoms with E-state index in [0.29, 0.717) is 31.1 Å². The largest absolute Gasteiger partial charge is 0.490 e. The van der Waals surface area contributed by atoms with E-state index >= 15 is 0 Å². The summed E-state index contributed by atoms with van der Waals surface area (Å²) < 4.78 is 12.6. The number of ether oxygens (including phenoxy) is 2. The Balaban J connectivity index is 1.34. The van der Waals surface area contributed by atoms with Crippen LogP contribution in [-0.2, 0) is 0 Å². The molecule has 178 valence electrons. The van der Waals surface area contributed by atoms with Gasteiger partial charge in [-0.25, -0.2) is 0 Å². The summed E-state index contributed by atoms with van der Waals surface area (Å²) in [7, 11) is 0. The molecular formula is C30H29IN2O2. The van der Waals surface area contributed by atoms with Crippen molar-refractivity contribution >= 4 is 40.2 Å². The standard InChI is InChI=1S/C30H29IN2O2/c1-3-16-35-30-26(31)17-20(18-28(30)34-4-2)19-32-22-14-12-21(13-15-22)29-25-10-7-9-23(25)24-8-5-6-11-27(24)33-29/h3,5-9,11-15,17-19,23,25,29,33H,1,4,10,16H2,2H3/t23-,25+,29+/m1/s1. The topological polar surface area (TPSA) is 42.8 Å². The predicted molar refractivity (Wildman–Crippen MR) is 153 cm³/mol. The van der Waals surface area contributed by atoms with Crippen LogP contribution in [0.3, 0.4) is 0 Å². The number of nitrogens with one attached hydrogen (secondary N) is 1. The van der Waals surface area contributed by atoms with E-state index in [2.05, 4.69) is 101 Å². The third-order valence-corrected chi connectivity index (χ3v) is 7.37. The molecule has 0 bridgehead atoms. The van der Waals surface area contributed by atoms with E-state index in [9.17, 15) is 0 Å². The first kappa shape index (κ1) is 23.7. The van der Waals surface area contributed by atoms with Gasteiger partial charge in [0.15, 0.2) is 11.5 Å². The molecule has 35 heavy (non-hydrogen) atoms. The van der Waals surface area contributed by atoms with Gasteiger partial charge in [0, 0.05) is 17.8 Å². The lowest BCUT2D eigenvalue weighted by molar-refractivity contribution is 0.295. The number of benzene rings is 3. The number of allylic oxidation sites excluding steroid dienone is 2. The van der Waals surface area contributed by atoms with Gasteiger partial charge >= 0.3 is 0 Å². The van der Waals surface area contributed by atoms with Crippen molar-refractivity contribution in [3.05, 3.63) is 106 Å². The van der Waals surface area contributed by atoms with Gasteiger partial charge in [0.25, 0.3) is 0 Å². The quantitative estimate of drug-likeness (QED) is 0.169. The fourth-order valence-corrected chi connectivity index (χ4v) is 5.78. The number of hydrogen-bond donors (Lipinski definition) is 1. The lowest BCUT2D eigenvalue weighted by Gasteiger charge is -2.37. The smallest absolute Gasteiger partial charge is 0.174 e. The van der Waals surface area contributed by atoms with Crippen molar-refractivity contribution in [3.8, 4) is 11.5 Å². The van der Waals surface area contributed by atoms with Crippen molar-refractivity contribution in [2.45, 2.75) is 25.3 Å². The number of aliphatic imine (C=N–C) groups is 1. The molecule has 1 aliphatic carbocycles. The molecule has 0 saturated heterocycles. The third kappa shape index (κ3) is 5.01. The summed E-state index contributed by atoms with van der Waals surface area (Å²) in [5, 5.41) is 3.80. The highest BCUT2D eigenvalue weighted by Gasteiger charge is 2.37. The van der Waals surface area contributed by atoms with Crippen LogP contribution in [0.4, 0.5) is 11.4 Å². The van der Waals surface area contributed by atoms with E-state index in [0.717, 1.165) is 32.7 Å². The molecule has 1 N–H and O–H groups in total. The van der Waals surface area contributed by atoms with E-state index < -0.39 is 0 Å². The molecule has 0 fully saturated rings. The molecule has 1 aliphatic heterocycles. The van der Waals surface area contributed by atoms with Crippen LogP contribution in [-0.4, -0.2) is 19.4 Å². The van der Waals surface area contributed by atoms with Gasteiger partial charge in [-0.15, -0.1) is 0 Å². The molecule has 3 aromatic carbocycles. The average Bonchev–Trinajstić information content (AvgIpc) is 3.38. The Morgan fingerprint density at radius 2 is 1.94 bits per heavy atom. The Labute approximate surface area is 220 Å². The molecule has 3 aromatic rings. The Morgan fingerprint density at radius 1 is 1.11 bits per heavy atom. The van der Waals surface area contributed by atoms with Crippen LogP contribution in [0.15, 0.2) is 90.5 Å². The van der Waals surface area contributed by atoms with Crippen LogP contribution >= 0.6 is 22.6 Å². The Morgan fingerprint density at radius 3 is 2.74 bits per heavy atom. The van der Waals surface area contributed by atoms with Gasteiger partial charge in [0.1, 0.15) is 6.61 Å². The van der Waals surface area contributed by atoms with Crippen molar-refractivity contribution in [2.24, 2.45) is 10.9 Å². The van der Waals surface area contributed by atoms with Crippen molar-refractivity contribution in [2.75, 3.05) is 18.5 Å². The summed E-state index contributed by atoms with van der Waals surface area (Å²) in [6.45, 7) is 6.70. The Kier molecular flexibility index (Phi) is 7.23. The molecule has 0 saturated carbocycles. The van der Waals surface area contributed by atoms with Crippen molar-refractivity contribution < 1.29 is 9.47 Å². The van der Waals surface area contributed by atoms with Gasteiger partial charge in [-0.05, 0) is 88.9 Å². The van der Waals surface area contributed by atoms with E-state index in [1.54, 1.807) is 6.08 Å². The number of rotatable bonds is 8. The van der Waals surface area contributed by atoms with Crippen LogP contribution in [0.2, 0.25) is 0 Å². The first-order chi connectivity index (χ1) is 17.2. The van der Waals surface area contributed by atoms with E-state index in [4.69, 9.17) is 14.5 Å². The summed E-state index contributed by atoms with van der Waals surface area (Å²) in [6.07, 6.45) is 9.42. The summed E-state index contributed by atoms with van der Waals surface area (Å²) >= 11 is 2.27. The van der Waals surface area contributed by atoms with E-state index in [1.165, 1.54) is 16.8 Å². The number of hydrogen-bond acceptors (Lipinski definition) is 4. The van der Waals surface area contributed by atoms with Crippen molar-refractivity contribution in [1.82, 2.24) is 0 Å². The lowest BCUT2D eigenvalue weighted by Crippen LogP contribution is -2.28. The molecule has 0 aromatic heterocycles. The molecular weight excluding hydrogens is 547 g/mol. The number of nitrogens with zero attached hydrogens (tertiary/aromatic N) is 1. The highest BCUT2D eigenvalue weighted by Crippen LogP contribution is 2.49. The second kappa shape index (κ2) is 10.7. The minimum absolute atomic E-state index is 0.293. The van der Waals surface area contributed by atoms with Crippen LogP contribution in [0.25, 0.3) is 0 Å². The Bertz CT molecular complexity index is 1270. The first-order valence-electron chi connectivity index (χ1n) is 12.0. The van der Waals surface area contributed by atoms with Gasteiger partial charge in [0.2, 0.25) is 0 Å². The number of halogens is 1. The Hall–Kier alpha value is -3.06. The highest BCUT2D eigenvalue weighted by atomic mass is 127. The van der Waals surface area contributed by atoms with Gasteiger partial charge in [-0.2, -0.15) is 0 Å². The normalized spacial score (nSPS) is 20.2. The fraction of sp³-hybridized carbons (Fsp3) is 0.233. The second-order valence-electron chi connectivity index (χ2n) is 8.78. The van der Waals surface area contributed by atoms with Crippen LogP contribution in [0.1, 0.15) is 42.0 Å². The van der Waals surface area contributed by atoms with Gasteiger partial charge in [-0.3, -0.25) is 4.99 Å². The fourth-order valence-electron chi connectivity index (χ4n) is 5.00. The molecule has 3 atom stereocenters. The summed E-state index contributed by atoms with van der Waals surface area (Å²) in [4.78, 5) is 4.73. The number of fused-ring (bicyclic) bond motifs is 3. The maximum Gasteiger partial charge on any atom is 0.174 e. The molecule has 4 nitrogen and oxygen atoms in total. The molecule has 0 amide bonds. The zero-order valence-corrected chi connectivity index (χ0v) is 21.9. The zero-order chi connectivity index (χ0) is 24.2. The van der Waals surface area contributed by atoms with Crippen molar-refractivity contribution in [1.29, 1.82) is 0 Å². The van der Waals surface area contributed by atoms with Crippen LogP contribution in [0.5, 0.6) is 11.5 Å². The second-order valence-corrected chi connectivity index (χ2v) is 9.94. The SMILES string of the molecule is C=CCOc1c(I)cc(C=Nc2ccc([C@@H]3Nc4ccccc4[C@H]4C=CC[C@@H]43)cc2)cc1OCC. The first-order valence-corrected chi connectivity index (χ1v) is 13.1. The van der Waals surface area contributed by atoms with E-state index in [1.807, 2.05) is 19.2 Å². The third-order valence-electron chi connectivity index (χ3n) is 6.56. The molecule has 0 spiro atoms. The maximum absolute atomic E-state index is 5.81.